The van der Waals surface area contributed by atoms with Gasteiger partial charge in [-0.05, 0) is 0 Å². The van der Waals surface area contributed by atoms with E-state index in [4.69, 9.17) is 16.7 Å². The molecule has 0 aliphatic rings. The molecule has 1 rings (SSSR count). The molecular weight excluding hydrogens is 214 g/mol. The molecule has 1 aromatic heterocycles. The SMILES string of the molecule is NS(=O)(=O)CCn1cc(CCl)cn1. The number of sulfonamides is 1. The highest BCUT2D eigenvalue weighted by Crippen LogP contribution is 2.01. The standard InChI is InChI=1S/C6H10ClN3O2S/c7-3-6-4-9-10(5-6)1-2-13(8,11)12/h4-5H,1-3H2,(H2,8,11,12). The van der Waals surface area contributed by atoms with Gasteiger partial charge in [0.25, 0.3) is 0 Å². The number of hydrogen-bond acceptors (Lipinski definition) is 3. The van der Waals surface area contributed by atoms with Crippen molar-refractivity contribution in [1.29, 1.82) is 0 Å². The fourth-order valence-electron chi connectivity index (χ4n) is 0.818. The first-order valence-electron chi connectivity index (χ1n) is 3.59. The molecule has 0 unspecified atom stereocenters. The number of aromatic nitrogens is 2. The van der Waals surface area contributed by atoms with Gasteiger partial charge in [0.05, 0.1) is 24.4 Å². The van der Waals surface area contributed by atoms with Crippen LogP contribution in [0.1, 0.15) is 5.56 Å². The second-order valence-electron chi connectivity index (χ2n) is 2.61. The average Bonchev–Trinajstić information content (AvgIpc) is 2.47. The first-order valence-corrected chi connectivity index (χ1v) is 5.84. The summed E-state index contributed by atoms with van der Waals surface area (Å²) in [7, 11) is -3.41. The van der Waals surface area contributed by atoms with Gasteiger partial charge in [0.1, 0.15) is 0 Å². The van der Waals surface area contributed by atoms with Crippen LogP contribution in [0.4, 0.5) is 0 Å². The molecular formula is C6H10ClN3O2S. The van der Waals surface area contributed by atoms with Crippen molar-refractivity contribution in [3.8, 4) is 0 Å². The highest BCUT2D eigenvalue weighted by molar-refractivity contribution is 7.89. The number of nitrogens with zero attached hydrogens (tertiary/aromatic N) is 2. The maximum atomic E-state index is 10.6. The summed E-state index contributed by atoms with van der Waals surface area (Å²) in [6.07, 6.45) is 3.29. The number of alkyl halides is 1. The summed E-state index contributed by atoms with van der Waals surface area (Å²) in [6, 6.07) is 0. The van der Waals surface area contributed by atoms with Crippen LogP contribution in [0.5, 0.6) is 0 Å². The third-order valence-electron chi connectivity index (χ3n) is 1.45. The Balaban J connectivity index is 2.55. The van der Waals surface area contributed by atoms with Gasteiger partial charge >= 0.3 is 0 Å². The van der Waals surface area contributed by atoms with E-state index in [1.165, 1.54) is 4.68 Å². The normalized spacial score (nSPS) is 11.8. The van der Waals surface area contributed by atoms with Crippen LogP contribution >= 0.6 is 11.6 Å². The van der Waals surface area contributed by atoms with Crippen molar-refractivity contribution in [2.45, 2.75) is 12.4 Å². The van der Waals surface area contributed by atoms with E-state index < -0.39 is 10.0 Å². The zero-order chi connectivity index (χ0) is 9.90. The Morgan fingerprint density at radius 2 is 2.31 bits per heavy atom. The summed E-state index contributed by atoms with van der Waals surface area (Å²) in [5, 5.41) is 8.73. The maximum Gasteiger partial charge on any atom is 0.210 e. The van der Waals surface area contributed by atoms with Crippen LogP contribution in [0.15, 0.2) is 12.4 Å². The lowest BCUT2D eigenvalue weighted by Crippen LogP contribution is -2.20. The van der Waals surface area contributed by atoms with Crippen molar-refractivity contribution < 1.29 is 8.42 Å². The molecule has 1 heterocycles. The predicted octanol–water partition coefficient (Wildman–Crippen LogP) is -0.0896. The highest BCUT2D eigenvalue weighted by Gasteiger charge is 2.03. The Labute approximate surface area is 81.5 Å². The van der Waals surface area contributed by atoms with Crippen molar-refractivity contribution in [3.63, 3.8) is 0 Å². The van der Waals surface area contributed by atoms with Gasteiger partial charge in [-0.25, -0.2) is 13.6 Å². The van der Waals surface area contributed by atoms with Crippen molar-refractivity contribution in [2.75, 3.05) is 5.75 Å². The molecule has 0 bridgehead atoms. The smallest absolute Gasteiger partial charge is 0.210 e. The molecule has 0 aromatic carbocycles. The fraction of sp³-hybridized carbons (Fsp3) is 0.500. The molecule has 0 spiro atoms. The maximum absolute atomic E-state index is 10.6. The van der Waals surface area contributed by atoms with Gasteiger partial charge in [0.2, 0.25) is 10.0 Å². The van der Waals surface area contributed by atoms with Crippen molar-refractivity contribution >= 4 is 21.6 Å². The van der Waals surface area contributed by atoms with Crippen molar-refractivity contribution in [1.82, 2.24) is 9.78 Å². The minimum Gasteiger partial charge on any atom is -0.271 e. The first-order chi connectivity index (χ1) is 6.01. The molecule has 0 aliphatic heterocycles. The molecule has 0 atom stereocenters. The molecule has 0 radical (unpaired) electrons. The minimum absolute atomic E-state index is 0.115. The molecule has 0 saturated carbocycles. The summed E-state index contributed by atoms with van der Waals surface area (Å²) in [5.74, 6) is 0.256. The van der Waals surface area contributed by atoms with Gasteiger partial charge in [-0.3, -0.25) is 4.68 Å². The van der Waals surface area contributed by atoms with Gasteiger partial charge in [-0.2, -0.15) is 5.10 Å². The van der Waals surface area contributed by atoms with E-state index in [0.717, 1.165) is 5.56 Å². The molecule has 0 saturated heterocycles. The largest absolute Gasteiger partial charge is 0.271 e. The van der Waals surface area contributed by atoms with Gasteiger partial charge in [0.15, 0.2) is 0 Å². The highest BCUT2D eigenvalue weighted by atomic mass is 35.5. The third kappa shape index (κ3) is 3.75. The zero-order valence-electron chi connectivity index (χ0n) is 6.85. The molecule has 2 N–H and O–H groups in total. The molecule has 0 fully saturated rings. The zero-order valence-corrected chi connectivity index (χ0v) is 8.42. The summed E-state index contributed by atoms with van der Waals surface area (Å²) in [4.78, 5) is 0. The van der Waals surface area contributed by atoms with E-state index in [0.29, 0.717) is 5.88 Å². The summed E-state index contributed by atoms with van der Waals surface area (Å²) in [5.41, 5.74) is 0.857. The number of hydrogen-bond donors (Lipinski definition) is 1. The molecule has 13 heavy (non-hydrogen) atoms. The molecule has 1 aromatic rings. The van der Waals surface area contributed by atoms with Crippen LogP contribution in [0.25, 0.3) is 0 Å². The Hall–Kier alpha value is -0.590. The van der Waals surface area contributed by atoms with E-state index in [2.05, 4.69) is 5.10 Å². The number of primary sulfonamides is 1. The van der Waals surface area contributed by atoms with Crippen LogP contribution < -0.4 is 5.14 Å². The molecule has 5 nitrogen and oxygen atoms in total. The van der Waals surface area contributed by atoms with Crippen molar-refractivity contribution in [3.05, 3.63) is 18.0 Å². The summed E-state index contributed by atoms with van der Waals surface area (Å²) < 4.78 is 22.7. The summed E-state index contributed by atoms with van der Waals surface area (Å²) in [6.45, 7) is 0.260. The Morgan fingerprint density at radius 1 is 1.62 bits per heavy atom. The number of rotatable bonds is 4. The molecule has 74 valence electrons. The lowest BCUT2D eigenvalue weighted by atomic mass is 10.4. The van der Waals surface area contributed by atoms with E-state index in [-0.39, 0.29) is 12.3 Å². The first kappa shape index (κ1) is 10.5. The molecule has 0 aliphatic carbocycles. The summed E-state index contributed by atoms with van der Waals surface area (Å²) >= 11 is 5.53. The van der Waals surface area contributed by atoms with Gasteiger partial charge < -0.3 is 0 Å². The Bertz CT molecular complexity index is 373. The topological polar surface area (TPSA) is 78.0 Å². The van der Waals surface area contributed by atoms with E-state index in [1.807, 2.05) is 0 Å². The number of aryl methyl sites for hydroxylation is 1. The lowest BCUT2D eigenvalue weighted by Gasteiger charge is -1.98. The van der Waals surface area contributed by atoms with Gasteiger partial charge in [0, 0.05) is 11.8 Å². The lowest BCUT2D eigenvalue weighted by molar-refractivity contribution is 0.582. The van der Waals surface area contributed by atoms with Gasteiger partial charge in [-0.1, -0.05) is 0 Å². The van der Waals surface area contributed by atoms with Crippen molar-refractivity contribution in [2.24, 2.45) is 5.14 Å². The second-order valence-corrected chi connectivity index (χ2v) is 4.61. The third-order valence-corrected chi connectivity index (χ3v) is 2.51. The van der Waals surface area contributed by atoms with Crippen LogP contribution in [0.3, 0.4) is 0 Å². The fourth-order valence-corrected chi connectivity index (χ4v) is 1.40. The molecule has 0 amide bonds. The molecule has 7 heteroatoms. The second kappa shape index (κ2) is 4.08. The quantitative estimate of drug-likeness (QED) is 0.725. The van der Waals surface area contributed by atoms with Gasteiger partial charge in [-0.15, -0.1) is 11.6 Å². The number of halogens is 1. The Morgan fingerprint density at radius 3 is 2.77 bits per heavy atom. The number of nitrogens with two attached hydrogens (primary N) is 1. The monoisotopic (exact) mass is 223 g/mol. The van der Waals surface area contributed by atoms with Crippen LogP contribution in [0.2, 0.25) is 0 Å². The average molecular weight is 224 g/mol. The van der Waals surface area contributed by atoms with Crippen LogP contribution in [-0.4, -0.2) is 24.0 Å². The van der Waals surface area contributed by atoms with E-state index in [1.54, 1.807) is 12.4 Å². The Kier molecular flexibility index (Phi) is 3.29. The predicted molar refractivity (Wildman–Crippen MR) is 49.8 cm³/mol. The van der Waals surface area contributed by atoms with E-state index >= 15 is 0 Å². The van der Waals surface area contributed by atoms with Crippen LogP contribution in [-0.2, 0) is 22.4 Å². The van der Waals surface area contributed by atoms with E-state index in [9.17, 15) is 8.42 Å². The van der Waals surface area contributed by atoms with Crippen LogP contribution in [0, 0.1) is 0 Å². The minimum atomic E-state index is -3.41.